The van der Waals surface area contributed by atoms with Crippen LogP contribution in [0.5, 0.6) is 0 Å². The van der Waals surface area contributed by atoms with Crippen LogP contribution in [0.1, 0.15) is 19.8 Å². The highest BCUT2D eigenvalue weighted by atomic mass is 32.3. The Bertz CT molecular complexity index is 357. The molecule has 0 aromatic heterocycles. The van der Waals surface area contributed by atoms with Crippen molar-refractivity contribution < 1.29 is 21.8 Å². The summed E-state index contributed by atoms with van der Waals surface area (Å²) in [5, 5.41) is -1.22. The fraction of sp³-hybridized carbons (Fsp3) is 0.889. The van der Waals surface area contributed by atoms with Crippen molar-refractivity contribution in [2.24, 2.45) is 0 Å². The first-order valence-corrected chi connectivity index (χ1v) is 6.56. The van der Waals surface area contributed by atoms with Crippen LogP contribution >= 0.6 is 0 Å². The molecule has 2 unspecified atom stereocenters. The molecule has 0 N–H and O–H groups in total. The maximum atomic E-state index is 12.8. The molecular formula is C9H16FNO4S. The molecule has 94 valence electrons. The first-order valence-electron chi connectivity index (χ1n) is 5.12. The van der Waals surface area contributed by atoms with Gasteiger partial charge < -0.3 is 9.64 Å². The molecule has 0 bridgehead atoms. The van der Waals surface area contributed by atoms with Gasteiger partial charge in [-0.15, -0.1) is 3.89 Å². The summed E-state index contributed by atoms with van der Waals surface area (Å²) in [5.74, 6) is -0.324. The van der Waals surface area contributed by atoms with Crippen LogP contribution in [0.4, 0.5) is 3.89 Å². The van der Waals surface area contributed by atoms with Crippen molar-refractivity contribution >= 4 is 16.1 Å². The van der Waals surface area contributed by atoms with Gasteiger partial charge in [-0.2, -0.15) is 8.42 Å². The zero-order chi connectivity index (χ0) is 12.3. The molecule has 1 fully saturated rings. The zero-order valence-electron chi connectivity index (χ0n) is 9.35. The number of carbonyl (C=O) groups excluding carboxylic acids is 1. The second-order valence-corrected chi connectivity index (χ2v) is 5.48. The molecule has 0 spiro atoms. The van der Waals surface area contributed by atoms with Crippen molar-refractivity contribution in [3.8, 4) is 0 Å². The molecule has 0 aromatic carbocycles. The number of carbonyl (C=O) groups is 1. The van der Waals surface area contributed by atoms with Gasteiger partial charge in [0.2, 0.25) is 5.91 Å². The molecule has 1 rings (SSSR count). The standard InChI is InChI=1S/C9H16FNO4S/c1-3-7(6-15-2)11-5-8(4-9(11)12)16(10,13)14/h7-8H,3-6H2,1-2H3. The van der Waals surface area contributed by atoms with Gasteiger partial charge in [-0.3, -0.25) is 4.79 Å². The lowest BCUT2D eigenvalue weighted by Crippen LogP contribution is -2.39. The largest absolute Gasteiger partial charge is 0.383 e. The van der Waals surface area contributed by atoms with Gasteiger partial charge in [0.15, 0.2) is 0 Å². The molecule has 2 atom stereocenters. The van der Waals surface area contributed by atoms with Crippen molar-refractivity contribution in [2.75, 3.05) is 20.3 Å². The summed E-state index contributed by atoms with van der Waals surface area (Å²) in [6.07, 6.45) is 0.387. The van der Waals surface area contributed by atoms with E-state index in [0.717, 1.165) is 0 Å². The topological polar surface area (TPSA) is 63.7 Å². The molecule has 1 aliphatic heterocycles. The minimum Gasteiger partial charge on any atom is -0.383 e. The fourth-order valence-corrected chi connectivity index (χ4v) is 2.54. The van der Waals surface area contributed by atoms with Crippen LogP contribution in [0.3, 0.4) is 0 Å². The van der Waals surface area contributed by atoms with Crippen LogP contribution < -0.4 is 0 Å². The maximum absolute atomic E-state index is 12.8. The number of amides is 1. The van der Waals surface area contributed by atoms with Crippen LogP contribution in [-0.4, -0.2) is 50.8 Å². The van der Waals surface area contributed by atoms with Crippen LogP contribution in [0.2, 0.25) is 0 Å². The predicted octanol–water partition coefficient (Wildman–Crippen LogP) is 0.312. The first-order chi connectivity index (χ1) is 7.40. The monoisotopic (exact) mass is 253 g/mol. The van der Waals surface area contributed by atoms with E-state index in [2.05, 4.69) is 0 Å². The lowest BCUT2D eigenvalue weighted by molar-refractivity contribution is -0.130. The van der Waals surface area contributed by atoms with E-state index in [1.807, 2.05) is 6.92 Å². The second kappa shape index (κ2) is 5.09. The highest BCUT2D eigenvalue weighted by molar-refractivity contribution is 7.87. The van der Waals surface area contributed by atoms with Gasteiger partial charge in [-0.25, -0.2) is 0 Å². The third-order valence-corrected chi connectivity index (χ3v) is 3.90. The third-order valence-electron chi connectivity index (χ3n) is 2.79. The molecule has 1 aliphatic rings. The highest BCUT2D eigenvalue weighted by Gasteiger charge is 2.40. The van der Waals surface area contributed by atoms with Gasteiger partial charge in [0.05, 0.1) is 12.6 Å². The summed E-state index contributed by atoms with van der Waals surface area (Å²) in [6, 6.07) is -0.177. The van der Waals surface area contributed by atoms with E-state index in [4.69, 9.17) is 4.74 Å². The molecule has 1 heterocycles. The SMILES string of the molecule is CCC(COC)N1CC(S(=O)(=O)F)CC1=O. The highest BCUT2D eigenvalue weighted by Crippen LogP contribution is 2.22. The van der Waals surface area contributed by atoms with Gasteiger partial charge in [0.1, 0.15) is 5.25 Å². The Kier molecular flexibility index (Phi) is 4.26. The zero-order valence-corrected chi connectivity index (χ0v) is 10.2. The first kappa shape index (κ1) is 13.4. The van der Waals surface area contributed by atoms with Gasteiger partial charge >= 0.3 is 10.2 Å². The smallest absolute Gasteiger partial charge is 0.307 e. The molecule has 1 saturated heterocycles. The van der Waals surface area contributed by atoms with Crippen LogP contribution in [0.25, 0.3) is 0 Å². The van der Waals surface area contributed by atoms with Crippen LogP contribution in [-0.2, 0) is 19.8 Å². The molecule has 1 amide bonds. The summed E-state index contributed by atoms with van der Waals surface area (Å²) < 4.78 is 39.1. The lowest BCUT2D eigenvalue weighted by Gasteiger charge is -2.26. The Hall–Kier alpha value is -0.690. The third kappa shape index (κ3) is 2.91. The summed E-state index contributed by atoms with van der Waals surface area (Å²) in [7, 11) is -3.12. The van der Waals surface area contributed by atoms with Gasteiger partial charge in [-0.05, 0) is 6.42 Å². The number of likely N-dealkylation sites (tertiary alicyclic amines) is 1. The van der Waals surface area contributed by atoms with Crippen molar-refractivity contribution in [2.45, 2.75) is 31.1 Å². The number of rotatable bonds is 5. The minimum atomic E-state index is -4.63. The van der Waals surface area contributed by atoms with E-state index >= 15 is 0 Å². The van der Waals surface area contributed by atoms with E-state index in [9.17, 15) is 17.1 Å². The predicted molar refractivity (Wildman–Crippen MR) is 56.1 cm³/mol. The van der Waals surface area contributed by atoms with E-state index < -0.39 is 15.5 Å². The second-order valence-electron chi connectivity index (χ2n) is 3.87. The minimum absolute atomic E-state index is 0.0699. The lowest BCUT2D eigenvalue weighted by atomic mass is 10.2. The van der Waals surface area contributed by atoms with E-state index in [1.54, 1.807) is 0 Å². The average molecular weight is 253 g/mol. The Morgan fingerprint density at radius 1 is 1.62 bits per heavy atom. The number of halogens is 1. The molecule has 0 aromatic rings. The molecule has 5 nitrogen and oxygen atoms in total. The normalized spacial score (nSPS) is 23.8. The summed E-state index contributed by atoms with van der Waals surface area (Å²) in [5.41, 5.74) is 0. The maximum Gasteiger partial charge on any atom is 0.307 e. The molecule has 16 heavy (non-hydrogen) atoms. The number of hydrogen-bond acceptors (Lipinski definition) is 4. The van der Waals surface area contributed by atoms with E-state index in [-0.39, 0.29) is 24.9 Å². The molecule has 0 saturated carbocycles. The molecule has 7 heteroatoms. The number of ether oxygens (including phenoxy) is 1. The fourth-order valence-electron chi connectivity index (χ4n) is 1.86. The Balaban J connectivity index is 2.74. The number of hydrogen-bond donors (Lipinski definition) is 0. The molecular weight excluding hydrogens is 237 g/mol. The summed E-state index contributed by atoms with van der Waals surface area (Å²) in [6.45, 7) is 2.13. The van der Waals surface area contributed by atoms with Gasteiger partial charge in [0.25, 0.3) is 0 Å². The average Bonchev–Trinajstić information content (AvgIpc) is 2.56. The van der Waals surface area contributed by atoms with Crippen molar-refractivity contribution in [3.63, 3.8) is 0 Å². The summed E-state index contributed by atoms with van der Waals surface area (Å²) >= 11 is 0. The molecule has 0 aliphatic carbocycles. The number of nitrogens with zero attached hydrogens (tertiary/aromatic N) is 1. The Morgan fingerprint density at radius 3 is 2.62 bits per heavy atom. The van der Waals surface area contributed by atoms with E-state index in [1.165, 1.54) is 12.0 Å². The van der Waals surface area contributed by atoms with Crippen molar-refractivity contribution in [3.05, 3.63) is 0 Å². The van der Waals surface area contributed by atoms with Gasteiger partial charge in [0, 0.05) is 20.1 Å². The van der Waals surface area contributed by atoms with Crippen LogP contribution in [0.15, 0.2) is 0 Å². The molecule has 0 radical (unpaired) electrons. The van der Waals surface area contributed by atoms with Gasteiger partial charge in [-0.1, -0.05) is 6.92 Å². The van der Waals surface area contributed by atoms with Crippen molar-refractivity contribution in [1.82, 2.24) is 4.90 Å². The van der Waals surface area contributed by atoms with Crippen LogP contribution in [0, 0.1) is 0 Å². The summed E-state index contributed by atoms with van der Waals surface area (Å²) in [4.78, 5) is 12.9. The Labute approximate surface area is 94.8 Å². The van der Waals surface area contributed by atoms with Crippen molar-refractivity contribution in [1.29, 1.82) is 0 Å². The van der Waals surface area contributed by atoms with E-state index in [0.29, 0.717) is 13.0 Å². The Morgan fingerprint density at radius 2 is 2.25 bits per heavy atom. The quantitative estimate of drug-likeness (QED) is 0.662. The number of methoxy groups -OCH3 is 1.